The normalized spacial score (nSPS) is 17.0. The van der Waals surface area contributed by atoms with E-state index in [4.69, 9.17) is 4.74 Å². The number of aromatic nitrogens is 1. The summed E-state index contributed by atoms with van der Waals surface area (Å²) >= 11 is 0. The highest BCUT2D eigenvalue weighted by Crippen LogP contribution is 2.09. The monoisotopic (exact) mass is 235 g/mol. The van der Waals surface area contributed by atoms with Gasteiger partial charge in [-0.05, 0) is 19.1 Å². The van der Waals surface area contributed by atoms with Crippen molar-refractivity contribution in [2.75, 3.05) is 39.3 Å². The summed E-state index contributed by atoms with van der Waals surface area (Å²) in [4.78, 5) is 6.90. The van der Waals surface area contributed by atoms with Crippen molar-refractivity contribution in [1.29, 1.82) is 0 Å². The average molecular weight is 235 g/mol. The fraction of sp³-hybridized carbons (Fsp3) is 0.615. The first-order valence-corrected chi connectivity index (χ1v) is 6.39. The third kappa shape index (κ3) is 3.98. The molecule has 4 nitrogen and oxygen atoms in total. The first-order valence-electron chi connectivity index (χ1n) is 6.39. The zero-order valence-corrected chi connectivity index (χ0v) is 10.5. The second-order valence-electron chi connectivity index (χ2n) is 4.26. The lowest BCUT2D eigenvalue weighted by Gasteiger charge is -2.26. The van der Waals surface area contributed by atoms with E-state index in [0.29, 0.717) is 6.61 Å². The third-order valence-electron chi connectivity index (χ3n) is 3.00. The van der Waals surface area contributed by atoms with Gasteiger partial charge in [-0.25, -0.2) is 0 Å². The van der Waals surface area contributed by atoms with Gasteiger partial charge in [-0.3, -0.25) is 4.98 Å². The van der Waals surface area contributed by atoms with Crippen molar-refractivity contribution in [2.24, 2.45) is 0 Å². The molecule has 1 fully saturated rings. The quantitative estimate of drug-likeness (QED) is 0.824. The molecule has 94 valence electrons. The second kappa shape index (κ2) is 6.57. The summed E-state index contributed by atoms with van der Waals surface area (Å²) < 4.78 is 5.37. The third-order valence-corrected chi connectivity index (χ3v) is 3.00. The van der Waals surface area contributed by atoms with Crippen molar-refractivity contribution in [3.63, 3.8) is 0 Å². The van der Waals surface area contributed by atoms with Crippen LogP contribution in [-0.4, -0.2) is 49.2 Å². The van der Waals surface area contributed by atoms with Crippen LogP contribution in [0, 0.1) is 0 Å². The van der Waals surface area contributed by atoms with Crippen LogP contribution in [0.2, 0.25) is 0 Å². The Morgan fingerprint density at radius 2 is 2.18 bits per heavy atom. The SMILES string of the molecule is CCOc1ccc(CCN2CCNCC2)nc1. The molecule has 17 heavy (non-hydrogen) atoms. The summed E-state index contributed by atoms with van der Waals surface area (Å²) in [5.41, 5.74) is 1.15. The van der Waals surface area contributed by atoms with Gasteiger partial charge in [0.2, 0.25) is 0 Å². The topological polar surface area (TPSA) is 37.4 Å². The number of ether oxygens (including phenoxy) is 1. The van der Waals surface area contributed by atoms with E-state index in [1.54, 1.807) is 0 Å². The Kier molecular flexibility index (Phi) is 4.76. The molecule has 1 saturated heterocycles. The van der Waals surface area contributed by atoms with Crippen molar-refractivity contribution in [3.8, 4) is 5.75 Å². The van der Waals surface area contributed by atoms with Crippen LogP contribution in [0.25, 0.3) is 0 Å². The molecule has 4 heteroatoms. The standard InChI is InChI=1S/C13H21N3O/c1-2-17-13-4-3-12(15-11-13)5-8-16-9-6-14-7-10-16/h3-4,11,14H,2,5-10H2,1H3. The fourth-order valence-electron chi connectivity index (χ4n) is 2.02. The van der Waals surface area contributed by atoms with E-state index in [1.807, 2.05) is 19.2 Å². The molecule has 2 heterocycles. The summed E-state index contributed by atoms with van der Waals surface area (Å²) in [6.07, 6.45) is 2.84. The van der Waals surface area contributed by atoms with E-state index in [-0.39, 0.29) is 0 Å². The van der Waals surface area contributed by atoms with Gasteiger partial charge in [-0.15, -0.1) is 0 Å². The largest absolute Gasteiger partial charge is 0.492 e. The molecule has 0 bridgehead atoms. The van der Waals surface area contributed by atoms with E-state index in [2.05, 4.69) is 21.3 Å². The number of hydrogen-bond donors (Lipinski definition) is 1. The minimum Gasteiger partial charge on any atom is -0.492 e. The predicted molar refractivity (Wildman–Crippen MR) is 68.4 cm³/mol. The lowest BCUT2D eigenvalue weighted by Crippen LogP contribution is -2.44. The summed E-state index contributed by atoms with van der Waals surface area (Å²) in [6, 6.07) is 4.07. The van der Waals surface area contributed by atoms with Crippen molar-refractivity contribution < 1.29 is 4.74 Å². The van der Waals surface area contributed by atoms with Gasteiger partial charge in [-0.2, -0.15) is 0 Å². The summed E-state index contributed by atoms with van der Waals surface area (Å²) in [6.45, 7) is 8.30. The second-order valence-corrected chi connectivity index (χ2v) is 4.26. The van der Waals surface area contributed by atoms with Gasteiger partial charge < -0.3 is 15.0 Å². The Morgan fingerprint density at radius 3 is 2.82 bits per heavy atom. The van der Waals surface area contributed by atoms with Crippen molar-refractivity contribution in [1.82, 2.24) is 15.2 Å². The van der Waals surface area contributed by atoms with E-state index < -0.39 is 0 Å². The van der Waals surface area contributed by atoms with Crippen LogP contribution in [0.1, 0.15) is 12.6 Å². The van der Waals surface area contributed by atoms with E-state index in [0.717, 1.165) is 50.6 Å². The molecule has 1 aliphatic heterocycles. The number of nitrogens with one attached hydrogen (secondary N) is 1. The maximum atomic E-state index is 5.37. The molecule has 1 aliphatic rings. The van der Waals surface area contributed by atoms with Crippen molar-refractivity contribution >= 4 is 0 Å². The first-order chi connectivity index (χ1) is 8.38. The maximum Gasteiger partial charge on any atom is 0.137 e. The molecule has 1 aromatic rings. The van der Waals surface area contributed by atoms with Gasteiger partial charge in [0.05, 0.1) is 12.8 Å². The number of rotatable bonds is 5. The molecule has 0 spiro atoms. The van der Waals surface area contributed by atoms with Gasteiger partial charge in [0.15, 0.2) is 0 Å². The lowest BCUT2D eigenvalue weighted by molar-refractivity contribution is 0.243. The maximum absolute atomic E-state index is 5.37. The van der Waals surface area contributed by atoms with Gasteiger partial charge in [0.25, 0.3) is 0 Å². The highest BCUT2D eigenvalue weighted by molar-refractivity contribution is 5.19. The molecule has 0 saturated carbocycles. The molecule has 2 rings (SSSR count). The van der Waals surface area contributed by atoms with Crippen molar-refractivity contribution in [2.45, 2.75) is 13.3 Å². The summed E-state index contributed by atoms with van der Waals surface area (Å²) in [5.74, 6) is 0.860. The lowest BCUT2D eigenvalue weighted by atomic mass is 10.2. The number of hydrogen-bond acceptors (Lipinski definition) is 4. The van der Waals surface area contributed by atoms with E-state index in [1.165, 1.54) is 0 Å². The van der Waals surface area contributed by atoms with Gasteiger partial charge in [0, 0.05) is 44.8 Å². The minimum absolute atomic E-state index is 0.696. The Labute approximate surface area is 103 Å². The summed E-state index contributed by atoms with van der Waals surface area (Å²) in [5, 5.41) is 3.36. The van der Waals surface area contributed by atoms with Crippen LogP contribution in [0.5, 0.6) is 5.75 Å². The van der Waals surface area contributed by atoms with Crippen LogP contribution in [0.3, 0.4) is 0 Å². The molecule has 0 aliphatic carbocycles. The smallest absolute Gasteiger partial charge is 0.137 e. The zero-order valence-electron chi connectivity index (χ0n) is 10.5. The van der Waals surface area contributed by atoms with Crippen LogP contribution < -0.4 is 10.1 Å². The van der Waals surface area contributed by atoms with E-state index >= 15 is 0 Å². The van der Waals surface area contributed by atoms with E-state index in [9.17, 15) is 0 Å². The highest BCUT2D eigenvalue weighted by Gasteiger charge is 2.09. The molecule has 1 N–H and O–H groups in total. The fourth-order valence-corrected chi connectivity index (χ4v) is 2.02. The number of nitrogens with zero attached hydrogens (tertiary/aromatic N) is 2. The minimum atomic E-state index is 0.696. The van der Waals surface area contributed by atoms with Crippen LogP contribution in [0.4, 0.5) is 0 Å². The Balaban J connectivity index is 1.77. The molecule has 1 aromatic heterocycles. The van der Waals surface area contributed by atoms with Crippen LogP contribution in [0.15, 0.2) is 18.3 Å². The molecule has 0 amide bonds. The molecular weight excluding hydrogens is 214 g/mol. The van der Waals surface area contributed by atoms with Gasteiger partial charge in [-0.1, -0.05) is 0 Å². The molecular formula is C13H21N3O. The molecule has 0 radical (unpaired) electrons. The Bertz CT molecular complexity index is 320. The van der Waals surface area contributed by atoms with Gasteiger partial charge in [0.1, 0.15) is 5.75 Å². The van der Waals surface area contributed by atoms with Gasteiger partial charge >= 0.3 is 0 Å². The molecule has 0 aromatic carbocycles. The number of pyridine rings is 1. The molecule has 0 atom stereocenters. The highest BCUT2D eigenvalue weighted by atomic mass is 16.5. The average Bonchev–Trinajstić information content (AvgIpc) is 2.40. The Hall–Kier alpha value is -1.13. The van der Waals surface area contributed by atoms with Crippen LogP contribution >= 0.6 is 0 Å². The first kappa shape index (κ1) is 12.3. The molecule has 0 unspecified atom stereocenters. The Morgan fingerprint density at radius 1 is 1.35 bits per heavy atom. The van der Waals surface area contributed by atoms with Crippen molar-refractivity contribution in [3.05, 3.63) is 24.0 Å². The van der Waals surface area contributed by atoms with Crippen LogP contribution in [-0.2, 0) is 6.42 Å². The summed E-state index contributed by atoms with van der Waals surface area (Å²) in [7, 11) is 0. The zero-order chi connectivity index (χ0) is 11.9. The predicted octanol–water partition coefficient (Wildman–Crippen LogP) is 0.928. The number of piperazine rings is 1.